The van der Waals surface area contributed by atoms with Gasteiger partial charge in [-0.2, -0.15) is 0 Å². The van der Waals surface area contributed by atoms with Crippen molar-refractivity contribution in [1.29, 1.82) is 0 Å². The number of carbonyl (C=O) groups excluding carboxylic acids is 1. The Morgan fingerprint density at radius 2 is 1.60 bits per heavy atom. The number of hydrogen-bond acceptors (Lipinski definition) is 2. The summed E-state index contributed by atoms with van der Waals surface area (Å²) in [5, 5.41) is 0. The molecule has 1 amide bonds. The summed E-state index contributed by atoms with van der Waals surface area (Å²) in [4.78, 5) is 17.1. The number of anilines is 1. The van der Waals surface area contributed by atoms with Crippen LogP contribution in [0.2, 0.25) is 0 Å². The summed E-state index contributed by atoms with van der Waals surface area (Å²) in [5.74, 6) is 0.143. The molecule has 0 saturated carbocycles. The largest absolute Gasteiger partial charge is 0.368 e. The first kappa shape index (κ1) is 17.3. The minimum atomic E-state index is 0.143. The number of nitrogens with zero attached hydrogens (tertiary/aromatic N) is 2. The molecule has 1 aliphatic rings. The van der Waals surface area contributed by atoms with Gasteiger partial charge in [-0.1, -0.05) is 42.5 Å². The van der Waals surface area contributed by atoms with Crippen LogP contribution in [0.4, 0.5) is 5.69 Å². The molecule has 0 atom stereocenters. The van der Waals surface area contributed by atoms with Gasteiger partial charge in [-0.3, -0.25) is 4.79 Å². The van der Waals surface area contributed by atoms with E-state index < -0.39 is 0 Å². The maximum absolute atomic E-state index is 12.7. The number of carbonyl (C=O) groups is 1. The fraction of sp³-hybridized carbons (Fsp3) is 0.318. The van der Waals surface area contributed by atoms with E-state index in [1.807, 2.05) is 48.2 Å². The topological polar surface area (TPSA) is 23.6 Å². The van der Waals surface area contributed by atoms with Crippen molar-refractivity contribution in [1.82, 2.24) is 4.90 Å². The van der Waals surface area contributed by atoms with Crippen molar-refractivity contribution in [3.05, 3.63) is 70.8 Å². The summed E-state index contributed by atoms with van der Waals surface area (Å²) in [6.45, 7) is 9.54. The molecular formula is C22H26N2O. The summed E-state index contributed by atoms with van der Waals surface area (Å²) in [6.07, 6.45) is 1.97. The molecule has 0 spiro atoms. The van der Waals surface area contributed by atoms with E-state index in [4.69, 9.17) is 0 Å². The lowest BCUT2D eigenvalue weighted by molar-refractivity contribution is -0.127. The van der Waals surface area contributed by atoms with Crippen LogP contribution in [0.5, 0.6) is 0 Å². The third-order valence-corrected chi connectivity index (χ3v) is 5.00. The predicted octanol–water partition coefficient (Wildman–Crippen LogP) is 4.06. The second-order valence-electron chi connectivity index (χ2n) is 6.74. The van der Waals surface area contributed by atoms with Crippen LogP contribution < -0.4 is 4.90 Å². The number of benzene rings is 2. The molecule has 0 unspecified atom stereocenters. The molecule has 0 radical (unpaired) electrons. The molecule has 0 N–H and O–H groups in total. The van der Waals surface area contributed by atoms with Crippen molar-refractivity contribution < 1.29 is 4.79 Å². The smallest absolute Gasteiger partial charge is 0.249 e. The van der Waals surface area contributed by atoms with E-state index in [1.165, 1.54) is 16.8 Å². The molecular weight excluding hydrogens is 308 g/mol. The van der Waals surface area contributed by atoms with E-state index in [0.717, 1.165) is 37.3 Å². The first-order valence-corrected chi connectivity index (χ1v) is 8.90. The molecule has 1 fully saturated rings. The quantitative estimate of drug-likeness (QED) is 0.791. The molecule has 0 aromatic heterocycles. The van der Waals surface area contributed by atoms with Gasteiger partial charge in [0.1, 0.15) is 0 Å². The van der Waals surface area contributed by atoms with Crippen molar-refractivity contribution in [2.24, 2.45) is 0 Å². The van der Waals surface area contributed by atoms with E-state index in [2.05, 4.69) is 36.9 Å². The van der Waals surface area contributed by atoms with Crippen LogP contribution in [-0.2, 0) is 4.79 Å². The Kier molecular flexibility index (Phi) is 5.22. The van der Waals surface area contributed by atoms with Crippen LogP contribution in [0, 0.1) is 13.8 Å². The van der Waals surface area contributed by atoms with Crippen LogP contribution in [0.15, 0.2) is 54.1 Å². The maximum Gasteiger partial charge on any atom is 0.249 e. The van der Waals surface area contributed by atoms with Crippen molar-refractivity contribution in [2.75, 3.05) is 31.1 Å². The summed E-state index contributed by atoms with van der Waals surface area (Å²) in [7, 11) is 0. The second-order valence-corrected chi connectivity index (χ2v) is 6.74. The van der Waals surface area contributed by atoms with Crippen LogP contribution in [0.3, 0.4) is 0 Å². The standard InChI is InChI=1S/C22H26N2O/c1-17-8-7-11-21(19(17)3)23-12-14-24(15-13-23)22(25)18(2)16-20-9-5-4-6-10-20/h4-11,16H,12-15H2,1-3H3. The van der Waals surface area contributed by atoms with Crippen molar-refractivity contribution in [2.45, 2.75) is 20.8 Å². The normalized spacial score (nSPS) is 15.4. The van der Waals surface area contributed by atoms with Crippen LogP contribution >= 0.6 is 0 Å². The first-order chi connectivity index (χ1) is 12.1. The van der Waals surface area contributed by atoms with Crippen LogP contribution in [0.25, 0.3) is 6.08 Å². The molecule has 3 nitrogen and oxygen atoms in total. The third kappa shape index (κ3) is 3.93. The molecule has 2 aromatic rings. The molecule has 3 rings (SSSR count). The van der Waals surface area contributed by atoms with Gasteiger partial charge >= 0.3 is 0 Å². The molecule has 0 bridgehead atoms. The molecule has 3 heteroatoms. The van der Waals surface area contributed by atoms with Gasteiger partial charge in [0.2, 0.25) is 5.91 Å². The van der Waals surface area contributed by atoms with Crippen LogP contribution in [-0.4, -0.2) is 37.0 Å². The molecule has 2 aromatic carbocycles. The first-order valence-electron chi connectivity index (χ1n) is 8.90. The van der Waals surface area contributed by atoms with Gasteiger partial charge in [0.25, 0.3) is 0 Å². The average molecular weight is 334 g/mol. The molecule has 0 aliphatic carbocycles. The summed E-state index contributed by atoms with van der Waals surface area (Å²) >= 11 is 0. The second kappa shape index (κ2) is 7.56. The lowest BCUT2D eigenvalue weighted by Gasteiger charge is -2.37. The lowest BCUT2D eigenvalue weighted by Crippen LogP contribution is -2.49. The molecule has 130 valence electrons. The highest BCUT2D eigenvalue weighted by Crippen LogP contribution is 2.24. The zero-order valence-electron chi connectivity index (χ0n) is 15.3. The lowest BCUT2D eigenvalue weighted by atomic mass is 10.1. The highest BCUT2D eigenvalue weighted by molar-refractivity contribution is 5.97. The fourth-order valence-electron chi connectivity index (χ4n) is 3.34. The Labute approximate surface area is 150 Å². The van der Waals surface area contributed by atoms with Gasteiger partial charge in [0.05, 0.1) is 0 Å². The molecule has 1 saturated heterocycles. The van der Waals surface area contributed by atoms with Gasteiger partial charge in [-0.25, -0.2) is 0 Å². The Morgan fingerprint density at radius 1 is 0.920 bits per heavy atom. The van der Waals surface area contributed by atoms with E-state index in [0.29, 0.717) is 0 Å². The highest BCUT2D eigenvalue weighted by Gasteiger charge is 2.23. The summed E-state index contributed by atoms with van der Waals surface area (Å²) in [5.41, 5.74) is 5.82. The maximum atomic E-state index is 12.7. The number of amides is 1. The zero-order valence-corrected chi connectivity index (χ0v) is 15.3. The fourth-order valence-corrected chi connectivity index (χ4v) is 3.34. The number of piperazine rings is 1. The van der Waals surface area contributed by atoms with E-state index in [9.17, 15) is 4.79 Å². The zero-order chi connectivity index (χ0) is 17.8. The number of aryl methyl sites for hydroxylation is 1. The van der Waals surface area contributed by atoms with Gasteiger partial charge in [0.15, 0.2) is 0 Å². The summed E-state index contributed by atoms with van der Waals surface area (Å²) < 4.78 is 0. The SMILES string of the molecule is CC(=Cc1ccccc1)C(=O)N1CCN(c2cccc(C)c2C)CC1. The summed E-state index contributed by atoms with van der Waals surface area (Å²) in [6, 6.07) is 16.5. The molecule has 1 aliphatic heterocycles. The van der Waals surface area contributed by atoms with Crippen molar-refractivity contribution >= 4 is 17.7 Å². The van der Waals surface area contributed by atoms with Crippen molar-refractivity contribution in [3.8, 4) is 0 Å². The van der Waals surface area contributed by atoms with E-state index in [-0.39, 0.29) is 5.91 Å². The Hall–Kier alpha value is -2.55. The van der Waals surface area contributed by atoms with Gasteiger partial charge < -0.3 is 9.80 Å². The van der Waals surface area contributed by atoms with E-state index >= 15 is 0 Å². The monoisotopic (exact) mass is 334 g/mol. The van der Waals surface area contributed by atoms with Crippen molar-refractivity contribution in [3.63, 3.8) is 0 Å². The predicted molar refractivity (Wildman–Crippen MR) is 105 cm³/mol. The molecule has 25 heavy (non-hydrogen) atoms. The Bertz CT molecular complexity index is 772. The Morgan fingerprint density at radius 3 is 2.28 bits per heavy atom. The van der Waals surface area contributed by atoms with Gasteiger partial charge in [0, 0.05) is 37.4 Å². The minimum Gasteiger partial charge on any atom is -0.368 e. The third-order valence-electron chi connectivity index (χ3n) is 5.00. The average Bonchev–Trinajstić information content (AvgIpc) is 2.64. The number of hydrogen-bond donors (Lipinski definition) is 0. The van der Waals surface area contributed by atoms with Crippen LogP contribution in [0.1, 0.15) is 23.6 Å². The van der Waals surface area contributed by atoms with Gasteiger partial charge in [-0.05, 0) is 49.6 Å². The van der Waals surface area contributed by atoms with Gasteiger partial charge in [-0.15, -0.1) is 0 Å². The highest BCUT2D eigenvalue weighted by atomic mass is 16.2. The molecule has 1 heterocycles. The van der Waals surface area contributed by atoms with E-state index in [1.54, 1.807) is 0 Å². The minimum absolute atomic E-state index is 0.143. The Balaban J connectivity index is 1.65. The number of rotatable bonds is 3.